The zero-order valence-corrected chi connectivity index (χ0v) is 8.32. The summed E-state index contributed by atoms with van der Waals surface area (Å²) in [5, 5.41) is 32.9. The Bertz CT molecular complexity index is 72.0. The van der Waals surface area contributed by atoms with E-state index in [1.54, 1.807) is 6.92 Å². The van der Waals surface area contributed by atoms with E-state index >= 15 is 0 Å². The van der Waals surface area contributed by atoms with Crippen molar-refractivity contribution in [3.63, 3.8) is 0 Å². The van der Waals surface area contributed by atoms with Gasteiger partial charge in [0.2, 0.25) is 0 Å². The molecule has 0 aliphatic rings. The SMILES string of the molecule is CC(O)CCCO.OCCCCO. The Balaban J connectivity index is 0. The highest BCUT2D eigenvalue weighted by Gasteiger charge is 1.91. The van der Waals surface area contributed by atoms with E-state index in [0.717, 1.165) is 12.8 Å². The van der Waals surface area contributed by atoms with Crippen LogP contribution in [-0.2, 0) is 0 Å². The minimum Gasteiger partial charge on any atom is -0.396 e. The van der Waals surface area contributed by atoms with Crippen LogP contribution >= 0.6 is 0 Å². The van der Waals surface area contributed by atoms with Crippen molar-refractivity contribution in [1.82, 2.24) is 0 Å². The Labute approximate surface area is 79.8 Å². The van der Waals surface area contributed by atoms with Gasteiger partial charge >= 0.3 is 0 Å². The van der Waals surface area contributed by atoms with Crippen LogP contribution in [0.15, 0.2) is 0 Å². The van der Waals surface area contributed by atoms with Crippen LogP contribution < -0.4 is 0 Å². The molecule has 4 nitrogen and oxygen atoms in total. The maximum atomic E-state index is 8.57. The lowest BCUT2D eigenvalue weighted by Gasteiger charge is -1.98. The number of rotatable bonds is 6. The first-order chi connectivity index (χ1) is 6.18. The second-order valence-electron chi connectivity index (χ2n) is 2.87. The van der Waals surface area contributed by atoms with Gasteiger partial charge in [0, 0.05) is 19.8 Å². The lowest BCUT2D eigenvalue weighted by Crippen LogP contribution is -1.99. The molecular formula is C9H22O4. The highest BCUT2D eigenvalue weighted by molar-refractivity contribution is 4.43. The molecule has 0 bridgehead atoms. The molecule has 4 heteroatoms. The van der Waals surface area contributed by atoms with E-state index in [9.17, 15) is 0 Å². The van der Waals surface area contributed by atoms with E-state index in [4.69, 9.17) is 20.4 Å². The lowest BCUT2D eigenvalue weighted by atomic mass is 10.2. The summed E-state index contributed by atoms with van der Waals surface area (Å²) in [5.41, 5.74) is 0. The van der Waals surface area contributed by atoms with E-state index in [2.05, 4.69) is 0 Å². The van der Waals surface area contributed by atoms with Gasteiger partial charge < -0.3 is 20.4 Å². The molecule has 0 aliphatic carbocycles. The van der Waals surface area contributed by atoms with E-state index < -0.39 is 0 Å². The molecule has 0 aromatic carbocycles. The zero-order chi connectivity index (χ0) is 10.5. The van der Waals surface area contributed by atoms with Crippen molar-refractivity contribution in [3.8, 4) is 0 Å². The number of aliphatic hydroxyl groups excluding tert-OH is 4. The van der Waals surface area contributed by atoms with E-state index in [1.165, 1.54) is 0 Å². The van der Waals surface area contributed by atoms with Gasteiger partial charge in [-0.15, -0.1) is 0 Å². The summed E-state index contributed by atoms with van der Waals surface area (Å²) in [6, 6.07) is 0. The Morgan fingerprint density at radius 2 is 1.23 bits per heavy atom. The molecule has 0 rings (SSSR count). The maximum absolute atomic E-state index is 8.57. The molecule has 13 heavy (non-hydrogen) atoms. The molecule has 0 heterocycles. The van der Waals surface area contributed by atoms with Crippen molar-refractivity contribution in [3.05, 3.63) is 0 Å². The fourth-order valence-electron chi connectivity index (χ4n) is 0.610. The molecule has 0 amide bonds. The number of aliphatic hydroxyl groups is 4. The third-order valence-corrected chi connectivity index (χ3v) is 1.35. The molecule has 0 aromatic heterocycles. The monoisotopic (exact) mass is 194 g/mol. The normalized spacial score (nSPS) is 11.8. The van der Waals surface area contributed by atoms with E-state index in [1.807, 2.05) is 0 Å². The summed E-state index contributed by atoms with van der Waals surface area (Å²) < 4.78 is 0. The Hall–Kier alpha value is -0.160. The second-order valence-corrected chi connectivity index (χ2v) is 2.87. The summed E-state index contributed by atoms with van der Waals surface area (Å²) in [7, 11) is 0. The molecule has 0 saturated carbocycles. The van der Waals surface area contributed by atoms with Crippen molar-refractivity contribution in [2.24, 2.45) is 0 Å². The van der Waals surface area contributed by atoms with Gasteiger partial charge in [0.1, 0.15) is 0 Å². The second kappa shape index (κ2) is 14.4. The lowest BCUT2D eigenvalue weighted by molar-refractivity contribution is 0.167. The molecule has 0 fully saturated rings. The quantitative estimate of drug-likeness (QED) is 0.445. The fourth-order valence-corrected chi connectivity index (χ4v) is 0.610. The molecule has 1 atom stereocenters. The van der Waals surface area contributed by atoms with Crippen LogP contribution in [0.3, 0.4) is 0 Å². The average Bonchev–Trinajstić information content (AvgIpc) is 2.12. The predicted octanol–water partition coefficient (Wildman–Crippen LogP) is -0.109. The summed E-state index contributed by atoms with van der Waals surface area (Å²) in [5.74, 6) is 0. The van der Waals surface area contributed by atoms with E-state index in [-0.39, 0.29) is 25.9 Å². The first-order valence-corrected chi connectivity index (χ1v) is 4.69. The number of hydrogen-bond acceptors (Lipinski definition) is 4. The first kappa shape index (κ1) is 15.3. The van der Waals surface area contributed by atoms with Crippen molar-refractivity contribution in [1.29, 1.82) is 0 Å². The van der Waals surface area contributed by atoms with Gasteiger partial charge in [-0.2, -0.15) is 0 Å². The molecule has 0 aliphatic heterocycles. The van der Waals surface area contributed by atoms with Crippen LogP contribution in [-0.4, -0.2) is 46.4 Å². The van der Waals surface area contributed by atoms with Crippen LogP contribution in [0.1, 0.15) is 32.6 Å². The largest absolute Gasteiger partial charge is 0.396 e. The third-order valence-electron chi connectivity index (χ3n) is 1.35. The highest BCUT2D eigenvalue weighted by Crippen LogP contribution is 1.92. The van der Waals surface area contributed by atoms with Gasteiger partial charge in [0.05, 0.1) is 6.10 Å². The van der Waals surface area contributed by atoms with Crippen molar-refractivity contribution < 1.29 is 20.4 Å². The Morgan fingerprint density at radius 1 is 0.846 bits per heavy atom. The highest BCUT2D eigenvalue weighted by atomic mass is 16.3. The van der Waals surface area contributed by atoms with Gasteiger partial charge in [0.25, 0.3) is 0 Å². The van der Waals surface area contributed by atoms with Gasteiger partial charge in [-0.3, -0.25) is 0 Å². The van der Waals surface area contributed by atoms with Gasteiger partial charge in [-0.05, 0) is 32.6 Å². The van der Waals surface area contributed by atoms with Crippen LogP contribution in [0.5, 0.6) is 0 Å². The first-order valence-electron chi connectivity index (χ1n) is 4.69. The molecule has 82 valence electrons. The van der Waals surface area contributed by atoms with Crippen LogP contribution in [0.2, 0.25) is 0 Å². The number of hydrogen-bond donors (Lipinski definition) is 4. The van der Waals surface area contributed by atoms with Gasteiger partial charge in [0.15, 0.2) is 0 Å². The van der Waals surface area contributed by atoms with Crippen molar-refractivity contribution in [2.75, 3.05) is 19.8 Å². The number of unbranched alkanes of at least 4 members (excludes halogenated alkanes) is 1. The summed E-state index contributed by atoms with van der Waals surface area (Å²) in [6.07, 6.45) is 2.59. The molecule has 1 unspecified atom stereocenters. The Morgan fingerprint density at radius 3 is 1.38 bits per heavy atom. The molecular weight excluding hydrogens is 172 g/mol. The molecule has 0 radical (unpaired) electrons. The summed E-state index contributed by atoms with van der Waals surface area (Å²) >= 11 is 0. The topological polar surface area (TPSA) is 80.9 Å². The minimum absolute atomic E-state index is 0.185. The van der Waals surface area contributed by atoms with Gasteiger partial charge in [-0.25, -0.2) is 0 Å². The maximum Gasteiger partial charge on any atom is 0.0513 e. The molecule has 0 spiro atoms. The van der Waals surface area contributed by atoms with Gasteiger partial charge in [-0.1, -0.05) is 0 Å². The van der Waals surface area contributed by atoms with Crippen molar-refractivity contribution in [2.45, 2.75) is 38.7 Å². The molecule has 4 N–H and O–H groups in total. The van der Waals surface area contributed by atoms with Crippen molar-refractivity contribution >= 4 is 0 Å². The standard InChI is InChI=1S/C5H12O2.C4H10O2/c1-5(7)3-2-4-6;5-3-1-2-4-6/h5-7H,2-4H2,1H3;5-6H,1-4H2. The smallest absolute Gasteiger partial charge is 0.0513 e. The molecule has 0 saturated heterocycles. The third kappa shape index (κ3) is 24.5. The van der Waals surface area contributed by atoms with Crippen LogP contribution in [0.4, 0.5) is 0 Å². The fraction of sp³-hybridized carbons (Fsp3) is 1.00. The summed E-state index contributed by atoms with van der Waals surface area (Å²) in [6.45, 7) is 2.29. The zero-order valence-electron chi connectivity index (χ0n) is 8.32. The Kier molecular flexibility index (Phi) is 16.9. The van der Waals surface area contributed by atoms with E-state index in [0.29, 0.717) is 12.8 Å². The minimum atomic E-state index is -0.257. The average molecular weight is 194 g/mol. The predicted molar refractivity (Wildman–Crippen MR) is 51.4 cm³/mol. The van der Waals surface area contributed by atoms with Crippen LogP contribution in [0.25, 0.3) is 0 Å². The summed E-state index contributed by atoms with van der Waals surface area (Å²) in [4.78, 5) is 0. The molecule has 0 aromatic rings. The van der Waals surface area contributed by atoms with Crippen LogP contribution in [0, 0.1) is 0 Å².